The zero-order valence-electron chi connectivity index (χ0n) is 17.4. The zero-order chi connectivity index (χ0) is 23.6. The smallest absolute Gasteiger partial charge is 0.255 e. The maximum atomic E-state index is 14.7. The summed E-state index contributed by atoms with van der Waals surface area (Å²) < 4.78 is 43.9. The third-order valence-electron chi connectivity index (χ3n) is 5.32. The summed E-state index contributed by atoms with van der Waals surface area (Å²) in [6.45, 7) is 1.39. The summed E-state index contributed by atoms with van der Waals surface area (Å²) in [6, 6.07) is 7.04. The van der Waals surface area contributed by atoms with Gasteiger partial charge in [0.15, 0.2) is 0 Å². The fourth-order valence-electron chi connectivity index (χ4n) is 3.48. The Balaban J connectivity index is 1.62. The SMILES string of the molecule is C[C@@H](n1cc(NC(=O)c2ccc(F)cc2)cn1)[C@](O)(Cn1cncn1)c1ccc(F)cc1F. The summed E-state index contributed by atoms with van der Waals surface area (Å²) in [5.41, 5.74) is -1.51. The number of benzene rings is 2. The minimum absolute atomic E-state index is 0.153. The number of carbonyl (C=O) groups is 1. The standard InChI is InChI=1S/C22H19F3N6O2/c1-14(31-10-18(9-27-31)29-21(32)15-2-4-16(23)5-3-15)22(33,11-30-13-26-12-28-30)19-7-6-17(24)8-20(19)25/h2-10,12-14,33H,11H2,1H3,(H,29,32)/t14-,22-/m1/s1. The van der Waals surface area contributed by atoms with E-state index in [0.717, 1.165) is 6.07 Å². The Morgan fingerprint density at radius 1 is 1.12 bits per heavy atom. The topological polar surface area (TPSA) is 97.9 Å². The molecule has 0 aliphatic rings. The molecule has 0 aliphatic heterocycles. The van der Waals surface area contributed by atoms with E-state index in [1.54, 1.807) is 6.92 Å². The van der Waals surface area contributed by atoms with Crippen LogP contribution in [0, 0.1) is 17.5 Å². The van der Waals surface area contributed by atoms with Crippen LogP contribution in [0.25, 0.3) is 0 Å². The molecule has 170 valence electrons. The molecule has 0 saturated carbocycles. The molecule has 0 saturated heterocycles. The molecule has 33 heavy (non-hydrogen) atoms. The largest absolute Gasteiger partial charge is 0.381 e. The first-order chi connectivity index (χ1) is 15.8. The monoisotopic (exact) mass is 456 g/mol. The third-order valence-corrected chi connectivity index (χ3v) is 5.32. The number of nitrogens with zero attached hydrogens (tertiary/aromatic N) is 5. The van der Waals surface area contributed by atoms with Gasteiger partial charge in [0.1, 0.15) is 35.7 Å². The minimum Gasteiger partial charge on any atom is -0.381 e. The maximum Gasteiger partial charge on any atom is 0.255 e. The van der Waals surface area contributed by atoms with Crippen LogP contribution in [-0.4, -0.2) is 35.6 Å². The lowest BCUT2D eigenvalue weighted by Gasteiger charge is -2.34. The fourth-order valence-corrected chi connectivity index (χ4v) is 3.48. The molecule has 2 aromatic heterocycles. The highest BCUT2D eigenvalue weighted by molar-refractivity contribution is 6.04. The van der Waals surface area contributed by atoms with E-state index >= 15 is 0 Å². The number of nitrogens with one attached hydrogen (secondary N) is 1. The number of rotatable bonds is 7. The molecule has 0 aliphatic carbocycles. The van der Waals surface area contributed by atoms with Gasteiger partial charge in [0.25, 0.3) is 5.91 Å². The second-order valence-corrected chi connectivity index (χ2v) is 7.49. The van der Waals surface area contributed by atoms with Crippen molar-refractivity contribution in [1.29, 1.82) is 0 Å². The van der Waals surface area contributed by atoms with Gasteiger partial charge >= 0.3 is 0 Å². The van der Waals surface area contributed by atoms with Crippen LogP contribution in [0.15, 0.2) is 67.5 Å². The lowest BCUT2D eigenvalue weighted by Crippen LogP contribution is -2.40. The summed E-state index contributed by atoms with van der Waals surface area (Å²) in [5, 5.41) is 22.4. The van der Waals surface area contributed by atoms with Crippen LogP contribution in [-0.2, 0) is 12.1 Å². The molecule has 11 heteroatoms. The number of hydrogen-bond acceptors (Lipinski definition) is 5. The molecule has 4 rings (SSSR count). The molecule has 0 fully saturated rings. The van der Waals surface area contributed by atoms with Gasteiger partial charge in [0.05, 0.1) is 24.5 Å². The van der Waals surface area contributed by atoms with E-state index in [1.165, 1.54) is 64.7 Å². The zero-order valence-corrected chi connectivity index (χ0v) is 17.4. The van der Waals surface area contributed by atoms with E-state index < -0.39 is 35.0 Å². The van der Waals surface area contributed by atoms with Gasteiger partial charge in [-0.05, 0) is 37.3 Å². The van der Waals surface area contributed by atoms with Crippen molar-refractivity contribution in [2.75, 3.05) is 5.32 Å². The number of anilines is 1. The van der Waals surface area contributed by atoms with Gasteiger partial charge < -0.3 is 10.4 Å². The van der Waals surface area contributed by atoms with Gasteiger partial charge in [-0.2, -0.15) is 10.2 Å². The second kappa shape index (κ2) is 8.87. The van der Waals surface area contributed by atoms with Crippen LogP contribution in [0.3, 0.4) is 0 Å². The predicted octanol–water partition coefficient (Wildman–Crippen LogP) is 3.29. The Morgan fingerprint density at radius 2 is 1.85 bits per heavy atom. The normalized spacial score (nSPS) is 14.0. The number of aliphatic hydroxyl groups is 1. The molecule has 2 heterocycles. The molecule has 0 unspecified atom stereocenters. The summed E-state index contributed by atoms with van der Waals surface area (Å²) in [4.78, 5) is 16.2. The first-order valence-corrected chi connectivity index (χ1v) is 9.87. The van der Waals surface area contributed by atoms with Gasteiger partial charge in [-0.3, -0.25) is 9.48 Å². The average Bonchev–Trinajstić information content (AvgIpc) is 3.45. The van der Waals surface area contributed by atoms with Gasteiger partial charge in [-0.1, -0.05) is 6.07 Å². The first kappa shape index (κ1) is 22.2. The molecular formula is C22H19F3N6O2. The van der Waals surface area contributed by atoms with E-state index in [9.17, 15) is 23.1 Å². The van der Waals surface area contributed by atoms with Crippen LogP contribution in [0.1, 0.15) is 28.9 Å². The average molecular weight is 456 g/mol. The molecule has 2 atom stereocenters. The summed E-state index contributed by atoms with van der Waals surface area (Å²) in [6.07, 6.45) is 5.44. The van der Waals surface area contributed by atoms with Crippen LogP contribution in [0.4, 0.5) is 18.9 Å². The number of halogens is 3. The Hall–Kier alpha value is -3.99. The second-order valence-electron chi connectivity index (χ2n) is 7.49. The van der Waals surface area contributed by atoms with Crippen LogP contribution in [0.5, 0.6) is 0 Å². The van der Waals surface area contributed by atoms with Crippen molar-refractivity contribution in [3.8, 4) is 0 Å². The number of carbonyl (C=O) groups excluding carboxylic acids is 1. The lowest BCUT2D eigenvalue weighted by atomic mass is 9.86. The lowest BCUT2D eigenvalue weighted by molar-refractivity contribution is -0.0368. The van der Waals surface area contributed by atoms with E-state index in [2.05, 4.69) is 20.5 Å². The van der Waals surface area contributed by atoms with Gasteiger partial charge in [-0.25, -0.2) is 22.8 Å². The van der Waals surface area contributed by atoms with E-state index in [-0.39, 0.29) is 17.7 Å². The highest BCUT2D eigenvalue weighted by atomic mass is 19.1. The molecule has 4 aromatic rings. The van der Waals surface area contributed by atoms with E-state index in [1.807, 2.05) is 0 Å². The molecule has 2 aromatic carbocycles. The van der Waals surface area contributed by atoms with Crippen LogP contribution in [0.2, 0.25) is 0 Å². The maximum absolute atomic E-state index is 14.7. The Morgan fingerprint density at radius 3 is 2.52 bits per heavy atom. The van der Waals surface area contributed by atoms with Crippen molar-refractivity contribution in [2.45, 2.75) is 25.1 Å². The van der Waals surface area contributed by atoms with Crippen molar-refractivity contribution >= 4 is 11.6 Å². The Bertz CT molecular complexity index is 1260. The predicted molar refractivity (Wildman–Crippen MR) is 112 cm³/mol. The molecule has 0 bridgehead atoms. The van der Waals surface area contributed by atoms with Crippen molar-refractivity contribution < 1.29 is 23.1 Å². The van der Waals surface area contributed by atoms with Crippen molar-refractivity contribution in [3.05, 3.63) is 96.1 Å². The Labute approximate surface area is 186 Å². The van der Waals surface area contributed by atoms with Crippen molar-refractivity contribution in [1.82, 2.24) is 24.5 Å². The van der Waals surface area contributed by atoms with Crippen LogP contribution >= 0.6 is 0 Å². The van der Waals surface area contributed by atoms with Crippen molar-refractivity contribution in [2.24, 2.45) is 0 Å². The van der Waals surface area contributed by atoms with E-state index in [4.69, 9.17) is 0 Å². The highest BCUT2D eigenvalue weighted by Gasteiger charge is 2.40. The summed E-state index contributed by atoms with van der Waals surface area (Å²) in [5.74, 6) is -2.66. The Kier molecular flexibility index (Phi) is 5.97. The van der Waals surface area contributed by atoms with Gasteiger partial charge in [0, 0.05) is 23.4 Å². The van der Waals surface area contributed by atoms with Gasteiger partial charge in [-0.15, -0.1) is 0 Å². The summed E-state index contributed by atoms with van der Waals surface area (Å²) >= 11 is 0. The number of aromatic nitrogens is 5. The molecule has 8 nitrogen and oxygen atoms in total. The molecule has 2 N–H and O–H groups in total. The van der Waals surface area contributed by atoms with E-state index in [0.29, 0.717) is 11.8 Å². The van der Waals surface area contributed by atoms with Crippen LogP contribution < -0.4 is 5.32 Å². The number of amides is 1. The van der Waals surface area contributed by atoms with Gasteiger partial charge in [0.2, 0.25) is 0 Å². The highest BCUT2D eigenvalue weighted by Crippen LogP contribution is 2.36. The third kappa shape index (κ3) is 4.62. The fraction of sp³-hybridized carbons (Fsp3) is 0.182. The molecule has 0 radical (unpaired) electrons. The number of hydrogen-bond donors (Lipinski definition) is 2. The summed E-state index contributed by atoms with van der Waals surface area (Å²) in [7, 11) is 0. The van der Waals surface area contributed by atoms with Crippen molar-refractivity contribution in [3.63, 3.8) is 0 Å². The molecular weight excluding hydrogens is 437 g/mol. The quantitative estimate of drug-likeness (QED) is 0.445. The first-order valence-electron chi connectivity index (χ1n) is 9.87. The molecule has 1 amide bonds. The minimum atomic E-state index is -1.91. The molecule has 0 spiro atoms.